The van der Waals surface area contributed by atoms with E-state index in [2.05, 4.69) is 27.5 Å². The van der Waals surface area contributed by atoms with Gasteiger partial charge < -0.3 is 10.6 Å². The number of carbonyl (C=O) groups excluding carboxylic acids is 1. The fourth-order valence-corrected chi connectivity index (χ4v) is 7.27. The van der Waals surface area contributed by atoms with E-state index in [-0.39, 0.29) is 18.0 Å². The van der Waals surface area contributed by atoms with Gasteiger partial charge in [0.25, 0.3) is 0 Å². The van der Waals surface area contributed by atoms with Gasteiger partial charge in [-0.15, -0.1) is 0 Å². The highest BCUT2D eigenvalue weighted by Crippen LogP contribution is 2.33. The van der Waals surface area contributed by atoms with Crippen LogP contribution in [0.1, 0.15) is 84.8 Å². The molecule has 0 spiro atoms. The summed E-state index contributed by atoms with van der Waals surface area (Å²) in [7, 11) is -4.51. The summed E-state index contributed by atoms with van der Waals surface area (Å²) in [6, 6.07) is 13.8. The lowest BCUT2D eigenvalue weighted by Crippen LogP contribution is -2.36. The molecule has 0 bridgehead atoms. The Hall–Kier alpha value is -3.28. The first-order valence-corrected chi connectivity index (χ1v) is 16.1. The van der Waals surface area contributed by atoms with Gasteiger partial charge in [-0.25, -0.2) is 17.5 Å². The third-order valence-corrected chi connectivity index (χ3v) is 9.69. The number of hydrogen-bond donors (Lipinski definition) is 3. The molecule has 0 aliphatic heterocycles. The third-order valence-electron chi connectivity index (χ3n) is 8.22. The van der Waals surface area contributed by atoms with Gasteiger partial charge in [0.1, 0.15) is 5.82 Å². The van der Waals surface area contributed by atoms with Crippen molar-refractivity contribution in [3.63, 3.8) is 0 Å². The van der Waals surface area contributed by atoms with Crippen LogP contribution < -0.4 is 15.4 Å². The average Bonchev–Trinajstić information content (AvgIpc) is 3.49. The molecule has 0 saturated heterocycles. The molecule has 11 heteroatoms. The zero-order chi connectivity index (χ0) is 30.6. The van der Waals surface area contributed by atoms with Gasteiger partial charge >= 0.3 is 6.18 Å². The van der Waals surface area contributed by atoms with Crippen molar-refractivity contribution in [1.29, 1.82) is 0 Å². The van der Waals surface area contributed by atoms with Crippen molar-refractivity contribution in [3.05, 3.63) is 100 Å². The fraction of sp³-hybridized carbons (Fsp3) is 0.406. The number of hydrogen-bond acceptors (Lipinski definition) is 4. The van der Waals surface area contributed by atoms with Crippen molar-refractivity contribution in [2.75, 3.05) is 0 Å². The summed E-state index contributed by atoms with van der Waals surface area (Å²) >= 11 is 0. The Morgan fingerprint density at radius 3 is 2.44 bits per heavy atom. The highest BCUT2D eigenvalue weighted by molar-refractivity contribution is 7.89. The number of alkyl halides is 3. The predicted octanol–water partition coefficient (Wildman–Crippen LogP) is 6.48. The number of nitrogens with one attached hydrogen (secondary N) is 3. The minimum Gasteiger partial charge on any atom is -0.349 e. The van der Waals surface area contributed by atoms with E-state index in [4.69, 9.17) is 0 Å². The van der Waals surface area contributed by atoms with Gasteiger partial charge in [0, 0.05) is 19.0 Å². The van der Waals surface area contributed by atoms with Crippen molar-refractivity contribution in [3.8, 4) is 0 Å². The monoisotopic (exact) mass is 617 g/mol. The van der Waals surface area contributed by atoms with E-state index >= 15 is 0 Å². The molecule has 1 amide bonds. The molecular formula is C32H35F4N3O3S. The highest BCUT2D eigenvalue weighted by Gasteiger charge is 2.33. The Labute approximate surface area is 249 Å². The standard InChI is InChI=1S/C32H35F4N3O3S/c33-25-9-3-7-23(17-25)30(39-43(41,42)27-12-5-8-24(18-27)32(34,35)36)19-31(40)38-29-13-4-6-22-16-21(14-15-28(22)29)20-37-26-10-1-2-11-26/h3,5,7-9,12,14-18,26,29-30,37,39H,1-2,4,6,10-11,13,19-20H2,(H,38,40). The van der Waals surface area contributed by atoms with Gasteiger partial charge in [-0.1, -0.05) is 49.2 Å². The lowest BCUT2D eigenvalue weighted by Gasteiger charge is -2.28. The lowest BCUT2D eigenvalue weighted by atomic mass is 9.86. The van der Waals surface area contributed by atoms with E-state index in [1.54, 1.807) is 0 Å². The van der Waals surface area contributed by atoms with Crippen LogP contribution in [0.15, 0.2) is 71.6 Å². The summed E-state index contributed by atoms with van der Waals surface area (Å²) in [4.78, 5) is 12.7. The van der Waals surface area contributed by atoms with Gasteiger partial charge in [-0.05, 0) is 84.7 Å². The molecule has 3 aromatic rings. The summed E-state index contributed by atoms with van der Waals surface area (Å²) in [5.41, 5.74) is 2.41. The topological polar surface area (TPSA) is 87.3 Å². The summed E-state index contributed by atoms with van der Waals surface area (Å²) in [6.45, 7) is 0.788. The quantitative estimate of drug-likeness (QED) is 0.227. The SMILES string of the molecule is O=C(CC(NS(=O)(=O)c1cccc(C(F)(F)F)c1)c1cccc(F)c1)NC1CCCc2cc(CNC3CCCC3)ccc21. The molecule has 0 heterocycles. The normalized spacial score (nSPS) is 18.3. The van der Waals surface area contributed by atoms with Gasteiger partial charge in [0.2, 0.25) is 15.9 Å². The van der Waals surface area contributed by atoms with Crippen molar-refractivity contribution in [2.24, 2.45) is 0 Å². The molecule has 3 N–H and O–H groups in total. The molecule has 2 atom stereocenters. The number of carbonyl (C=O) groups is 1. The molecule has 2 aliphatic carbocycles. The number of amides is 1. The van der Waals surface area contributed by atoms with Crippen LogP contribution >= 0.6 is 0 Å². The van der Waals surface area contributed by atoms with Crippen LogP contribution in [0.25, 0.3) is 0 Å². The third kappa shape index (κ3) is 8.01. The number of halogens is 4. The van der Waals surface area contributed by atoms with E-state index in [1.807, 2.05) is 6.07 Å². The second-order valence-corrected chi connectivity index (χ2v) is 13.1. The number of sulfonamides is 1. The Bertz CT molecular complexity index is 1560. The minimum absolute atomic E-state index is 0.175. The zero-order valence-electron chi connectivity index (χ0n) is 23.6. The maximum atomic E-state index is 14.1. The molecule has 43 heavy (non-hydrogen) atoms. The maximum absolute atomic E-state index is 14.1. The van der Waals surface area contributed by atoms with E-state index < -0.39 is 44.4 Å². The number of rotatable bonds is 10. The molecular weight excluding hydrogens is 582 g/mol. The highest BCUT2D eigenvalue weighted by atomic mass is 32.2. The summed E-state index contributed by atoms with van der Waals surface area (Å²) in [5, 5.41) is 6.63. The molecule has 0 aromatic heterocycles. The summed E-state index contributed by atoms with van der Waals surface area (Å²) < 4.78 is 82.5. The first-order chi connectivity index (χ1) is 20.5. The first-order valence-electron chi connectivity index (χ1n) is 14.6. The fourth-order valence-electron chi connectivity index (χ4n) is 6.00. The van der Waals surface area contributed by atoms with Crippen molar-refractivity contribution >= 4 is 15.9 Å². The summed E-state index contributed by atoms with van der Waals surface area (Å²) in [5.74, 6) is -1.11. The second-order valence-electron chi connectivity index (χ2n) is 11.4. The van der Waals surface area contributed by atoms with Gasteiger partial charge in [-0.3, -0.25) is 4.79 Å². The van der Waals surface area contributed by atoms with Crippen molar-refractivity contribution < 1.29 is 30.8 Å². The van der Waals surface area contributed by atoms with E-state index in [9.17, 15) is 30.8 Å². The molecule has 230 valence electrons. The first kappa shape index (κ1) is 31.2. The molecule has 1 fully saturated rings. The number of benzene rings is 3. The van der Waals surface area contributed by atoms with Crippen LogP contribution in [0.2, 0.25) is 0 Å². The van der Waals surface area contributed by atoms with E-state index in [0.29, 0.717) is 18.5 Å². The molecule has 2 unspecified atom stereocenters. The van der Waals surface area contributed by atoms with Gasteiger partial charge in [-0.2, -0.15) is 13.2 Å². The molecule has 0 radical (unpaired) electrons. The molecule has 5 rings (SSSR count). The predicted molar refractivity (Wildman–Crippen MR) is 155 cm³/mol. The van der Waals surface area contributed by atoms with Crippen LogP contribution in [0, 0.1) is 5.82 Å². The van der Waals surface area contributed by atoms with Crippen LogP contribution in [0.5, 0.6) is 0 Å². The summed E-state index contributed by atoms with van der Waals surface area (Å²) in [6.07, 6.45) is 2.27. The van der Waals surface area contributed by atoms with E-state index in [0.717, 1.165) is 54.8 Å². The average molecular weight is 618 g/mol. The van der Waals surface area contributed by atoms with Crippen molar-refractivity contribution in [1.82, 2.24) is 15.4 Å². The molecule has 2 aliphatic rings. The number of aryl methyl sites for hydroxylation is 1. The molecule has 1 saturated carbocycles. The Morgan fingerprint density at radius 2 is 1.70 bits per heavy atom. The Morgan fingerprint density at radius 1 is 0.930 bits per heavy atom. The largest absolute Gasteiger partial charge is 0.416 e. The van der Waals surface area contributed by atoms with Crippen molar-refractivity contribution in [2.45, 2.75) is 87.1 Å². The molecule has 6 nitrogen and oxygen atoms in total. The Balaban J connectivity index is 1.31. The van der Waals surface area contributed by atoms with Crippen LogP contribution in [0.3, 0.4) is 0 Å². The molecule has 3 aromatic carbocycles. The lowest BCUT2D eigenvalue weighted by molar-refractivity contribution is -0.137. The minimum atomic E-state index is -4.74. The Kier molecular flexibility index (Phi) is 9.53. The maximum Gasteiger partial charge on any atom is 0.416 e. The van der Waals surface area contributed by atoms with Gasteiger partial charge in [0.15, 0.2) is 0 Å². The smallest absolute Gasteiger partial charge is 0.349 e. The van der Waals surface area contributed by atoms with Gasteiger partial charge in [0.05, 0.1) is 22.5 Å². The number of fused-ring (bicyclic) bond motifs is 1. The zero-order valence-corrected chi connectivity index (χ0v) is 24.4. The van der Waals surface area contributed by atoms with Crippen LogP contribution in [-0.2, 0) is 34.0 Å². The van der Waals surface area contributed by atoms with Crippen LogP contribution in [-0.4, -0.2) is 20.4 Å². The van der Waals surface area contributed by atoms with Crippen LogP contribution in [0.4, 0.5) is 17.6 Å². The van der Waals surface area contributed by atoms with E-state index in [1.165, 1.54) is 49.4 Å². The second kappa shape index (κ2) is 13.2.